The third kappa shape index (κ3) is 8.91. The van der Waals surface area contributed by atoms with Crippen LogP contribution in [0.5, 0.6) is 0 Å². The Kier molecular flexibility index (Phi) is 12.2. The zero-order valence-electron chi connectivity index (χ0n) is 17.8. The van der Waals surface area contributed by atoms with Crippen LogP contribution in [0.2, 0.25) is 0 Å². The predicted molar refractivity (Wildman–Crippen MR) is 110 cm³/mol. The van der Waals surface area contributed by atoms with Crippen molar-refractivity contribution in [3.8, 4) is 0 Å². The molecule has 0 aliphatic heterocycles. The third-order valence-corrected chi connectivity index (χ3v) is 6.78. The molecule has 0 saturated heterocycles. The molecule has 0 N–H and O–H groups in total. The number of rotatable bonds is 13. The van der Waals surface area contributed by atoms with Crippen LogP contribution in [0.25, 0.3) is 0 Å². The Morgan fingerprint density at radius 2 is 1.33 bits per heavy atom. The second-order valence-corrected chi connectivity index (χ2v) is 9.28. The van der Waals surface area contributed by atoms with Gasteiger partial charge in [0.15, 0.2) is 0 Å². The van der Waals surface area contributed by atoms with Crippen molar-refractivity contribution in [1.29, 1.82) is 0 Å². The van der Waals surface area contributed by atoms with Crippen LogP contribution in [0.3, 0.4) is 0 Å². The molecule has 1 rings (SSSR count). The maximum absolute atomic E-state index is 2.57. The molecule has 0 aromatic rings. The first kappa shape index (κ1) is 22.0. The van der Waals surface area contributed by atoms with Crippen molar-refractivity contribution < 1.29 is 0 Å². The normalized spacial score (nSPS) is 25.4. The van der Waals surface area contributed by atoms with Gasteiger partial charge in [0.05, 0.1) is 0 Å². The van der Waals surface area contributed by atoms with E-state index in [0.717, 1.165) is 29.6 Å². The maximum Gasteiger partial charge on any atom is -0.0383 e. The summed E-state index contributed by atoms with van der Waals surface area (Å²) in [7, 11) is 0. The van der Waals surface area contributed by atoms with E-state index in [2.05, 4.69) is 34.6 Å². The molecule has 5 atom stereocenters. The van der Waals surface area contributed by atoms with E-state index in [0.29, 0.717) is 0 Å². The molecule has 5 unspecified atom stereocenters. The van der Waals surface area contributed by atoms with Crippen molar-refractivity contribution >= 4 is 0 Å². The lowest BCUT2D eigenvalue weighted by Gasteiger charge is -2.34. The average Bonchev–Trinajstić information content (AvgIpc) is 2.58. The second kappa shape index (κ2) is 13.2. The van der Waals surface area contributed by atoms with Gasteiger partial charge in [0.1, 0.15) is 0 Å². The first-order chi connectivity index (χ1) is 11.6. The van der Waals surface area contributed by atoms with Gasteiger partial charge in [-0.15, -0.1) is 0 Å². The molecule has 1 aliphatic carbocycles. The van der Waals surface area contributed by atoms with Crippen molar-refractivity contribution in [1.82, 2.24) is 0 Å². The highest BCUT2D eigenvalue weighted by Crippen LogP contribution is 2.38. The van der Waals surface area contributed by atoms with Crippen LogP contribution in [0.15, 0.2) is 0 Å². The van der Waals surface area contributed by atoms with Gasteiger partial charge in [0.25, 0.3) is 0 Å². The minimum atomic E-state index is 0.942. The van der Waals surface area contributed by atoms with Crippen molar-refractivity contribution in [3.05, 3.63) is 0 Å². The number of hydrogen-bond donors (Lipinski definition) is 0. The lowest BCUT2D eigenvalue weighted by atomic mass is 9.72. The molecule has 0 aromatic carbocycles. The fraction of sp³-hybridized carbons (Fsp3) is 1.00. The van der Waals surface area contributed by atoms with Gasteiger partial charge in [-0.3, -0.25) is 0 Å². The van der Waals surface area contributed by atoms with Gasteiger partial charge in [-0.1, -0.05) is 105 Å². The molecular formula is C24H48. The molecule has 24 heavy (non-hydrogen) atoms. The molecule has 0 amide bonds. The summed E-state index contributed by atoms with van der Waals surface area (Å²) in [5, 5.41) is 0. The van der Waals surface area contributed by atoms with Gasteiger partial charge >= 0.3 is 0 Å². The van der Waals surface area contributed by atoms with E-state index < -0.39 is 0 Å². The largest absolute Gasteiger partial charge is 0.0654 e. The Morgan fingerprint density at radius 1 is 0.750 bits per heavy atom. The molecule has 0 aromatic heterocycles. The zero-order valence-corrected chi connectivity index (χ0v) is 17.8. The summed E-state index contributed by atoms with van der Waals surface area (Å²) in [6.45, 7) is 12.2. The molecule has 144 valence electrons. The second-order valence-electron chi connectivity index (χ2n) is 9.28. The van der Waals surface area contributed by atoms with Crippen LogP contribution < -0.4 is 0 Å². The first-order valence-electron chi connectivity index (χ1n) is 11.6. The topological polar surface area (TPSA) is 0 Å². The van der Waals surface area contributed by atoms with Gasteiger partial charge in [-0.25, -0.2) is 0 Å². The summed E-state index contributed by atoms with van der Waals surface area (Å²) >= 11 is 0. The smallest absolute Gasteiger partial charge is 0.0383 e. The van der Waals surface area contributed by atoms with Crippen molar-refractivity contribution in [2.24, 2.45) is 29.6 Å². The van der Waals surface area contributed by atoms with Crippen LogP contribution in [-0.4, -0.2) is 0 Å². The Hall–Kier alpha value is 0. The van der Waals surface area contributed by atoms with Crippen LogP contribution in [0.4, 0.5) is 0 Å². The maximum atomic E-state index is 2.57. The monoisotopic (exact) mass is 336 g/mol. The quantitative estimate of drug-likeness (QED) is 0.315. The highest BCUT2D eigenvalue weighted by molar-refractivity contribution is 4.77. The van der Waals surface area contributed by atoms with E-state index in [9.17, 15) is 0 Å². The minimum Gasteiger partial charge on any atom is -0.0654 e. The molecule has 0 bridgehead atoms. The molecule has 0 heterocycles. The van der Waals surface area contributed by atoms with E-state index in [1.165, 1.54) is 89.9 Å². The fourth-order valence-corrected chi connectivity index (χ4v) is 5.38. The van der Waals surface area contributed by atoms with Crippen molar-refractivity contribution in [2.45, 2.75) is 125 Å². The van der Waals surface area contributed by atoms with Crippen LogP contribution in [0, 0.1) is 29.6 Å². The van der Waals surface area contributed by atoms with Gasteiger partial charge < -0.3 is 0 Å². The molecule has 0 heteroatoms. The van der Waals surface area contributed by atoms with E-state index in [1.807, 2.05) is 0 Å². The first-order valence-corrected chi connectivity index (χ1v) is 11.6. The predicted octanol–water partition coefficient (Wildman–Crippen LogP) is 8.64. The van der Waals surface area contributed by atoms with Crippen molar-refractivity contribution in [3.63, 3.8) is 0 Å². The van der Waals surface area contributed by atoms with Crippen molar-refractivity contribution in [2.75, 3.05) is 0 Å². The summed E-state index contributed by atoms with van der Waals surface area (Å²) in [5.41, 5.74) is 0. The van der Waals surface area contributed by atoms with Crippen LogP contribution in [-0.2, 0) is 0 Å². The van der Waals surface area contributed by atoms with Crippen LogP contribution in [0.1, 0.15) is 125 Å². The Bertz CT molecular complexity index is 282. The summed E-state index contributed by atoms with van der Waals surface area (Å²) in [6, 6.07) is 0. The minimum absolute atomic E-state index is 0.942. The van der Waals surface area contributed by atoms with E-state index in [4.69, 9.17) is 0 Å². The molecular weight excluding hydrogens is 288 g/mol. The lowest BCUT2D eigenvalue weighted by Crippen LogP contribution is -2.22. The van der Waals surface area contributed by atoms with Gasteiger partial charge in [0.2, 0.25) is 0 Å². The summed E-state index contributed by atoms with van der Waals surface area (Å²) < 4.78 is 0. The SMILES string of the molecule is CCCCC(C)CC(CCCC)CC(C)CC1CCCCC1CC. The molecule has 0 spiro atoms. The highest BCUT2D eigenvalue weighted by Gasteiger charge is 2.26. The highest BCUT2D eigenvalue weighted by atomic mass is 14.3. The third-order valence-electron chi connectivity index (χ3n) is 6.78. The van der Waals surface area contributed by atoms with Gasteiger partial charge in [0, 0.05) is 0 Å². The molecule has 1 aliphatic rings. The van der Waals surface area contributed by atoms with E-state index in [1.54, 1.807) is 0 Å². The summed E-state index contributed by atoms with van der Waals surface area (Å²) in [5.74, 6) is 4.97. The van der Waals surface area contributed by atoms with Gasteiger partial charge in [-0.2, -0.15) is 0 Å². The number of hydrogen-bond acceptors (Lipinski definition) is 0. The van der Waals surface area contributed by atoms with Crippen LogP contribution >= 0.6 is 0 Å². The zero-order chi connectivity index (χ0) is 17.8. The van der Waals surface area contributed by atoms with Gasteiger partial charge in [-0.05, 0) is 48.9 Å². The lowest BCUT2D eigenvalue weighted by molar-refractivity contribution is 0.178. The molecule has 0 radical (unpaired) electrons. The molecule has 0 nitrogen and oxygen atoms in total. The summed E-state index contributed by atoms with van der Waals surface area (Å²) in [6.07, 6.45) is 20.5. The van der Waals surface area contributed by atoms with E-state index in [-0.39, 0.29) is 0 Å². The Labute approximate surface area is 154 Å². The molecule has 1 fully saturated rings. The number of unbranched alkanes of at least 4 members (excludes halogenated alkanes) is 2. The van der Waals surface area contributed by atoms with E-state index >= 15 is 0 Å². The molecule has 1 saturated carbocycles. The average molecular weight is 337 g/mol. The standard InChI is InChI=1S/C24H48/c1-6-9-13-20(4)17-22(14-10-7-2)18-21(5)19-24-16-12-11-15-23(24)8-3/h20-24H,6-19H2,1-5H3. The summed E-state index contributed by atoms with van der Waals surface area (Å²) in [4.78, 5) is 0. The Balaban J connectivity index is 2.44. The Morgan fingerprint density at radius 3 is 1.96 bits per heavy atom. The fourth-order valence-electron chi connectivity index (χ4n) is 5.38.